The van der Waals surface area contributed by atoms with E-state index >= 15 is 0 Å². The summed E-state index contributed by atoms with van der Waals surface area (Å²) in [5.74, 6) is 0.328. The van der Waals surface area contributed by atoms with E-state index in [4.69, 9.17) is 0 Å². The quantitative estimate of drug-likeness (QED) is 0.649. The highest BCUT2D eigenvalue weighted by atomic mass is 16.6. The Hall–Kier alpha value is -2.37. The van der Waals surface area contributed by atoms with Crippen LogP contribution in [-0.2, 0) is 13.5 Å². The van der Waals surface area contributed by atoms with Crippen LogP contribution in [0.2, 0.25) is 0 Å². The summed E-state index contributed by atoms with van der Waals surface area (Å²) in [5, 5.41) is 14.1. The molecule has 0 fully saturated rings. The molecule has 0 aliphatic heterocycles. The van der Waals surface area contributed by atoms with Crippen LogP contribution < -0.4 is 5.32 Å². The topological polar surface area (TPSA) is 73.0 Å². The molecule has 2 aromatic rings. The van der Waals surface area contributed by atoms with E-state index in [1.807, 2.05) is 25.1 Å². The number of benzene rings is 1. The van der Waals surface area contributed by atoms with E-state index < -0.39 is 4.92 Å². The summed E-state index contributed by atoms with van der Waals surface area (Å²) in [7, 11) is 1.74. The smallest absolute Gasteiger partial charge is 0.362 e. The molecule has 0 saturated carbocycles. The molecule has 1 heterocycles. The standard InChI is InChI=1S/C14H18N4O2/c1-11(8-9-12-6-4-3-5-7-12)16-14-13(18(19)20)15-10-17(14)2/h3-7,10-11,16H,8-9H2,1-2H3. The predicted molar refractivity (Wildman–Crippen MR) is 77.7 cm³/mol. The van der Waals surface area contributed by atoms with Crippen molar-refractivity contribution in [1.82, 2.24) is 9.55 Å². The van der Waals surface area contributed by atoms with E-state index in [1.165, 1.54) is 11.9 Å². The van der Waals surface area contributed by atoms with Crippen LogP contribution in [0.25, 0.3) is 0 Å². The molecule has 0 bridgehead atoms. The maximum atomic E-state index is 10.9. The molecular weight excluding hydrogens is 256 g/mol. The van der Waals surface area contributed by atoms with Gasteiger partial charge in [-0.1, -0.05) is 30.3 Å². The van der Waals surface area contributed by atoms with E-state index in [-0.39, 0.29) is 11.9 Å². The summed E-state index contributed by atoms with van der Waals surface area (Å²) in [6.45, 7) is 2.01. The largest absolute Gasteiger partial charge is 0.406 e. The van der Waals surface area contributed by atoms with E-state index in [2.05, 4.69) is 22.4 Å². The SMILES string of the molecule is CC(CCc1ccccc1)Nc1c([N+](=O)[O-])ncn1C. The second-order valence-corrected chi connectivity index (χ2v) is 4.85. The fourth-order valence-corrected chi connectivity index (χ4v) is 2.05. The van der Waals surface area contributed by atoms with E-state index in [0.29, 0.717) is 5.82 Å². The van der Waals surface area contributed by atoms with Gasteiger partial charge in [-0.05, 0) is 35.2 Å². The highest BCUT2D eigenvalue weighted by Gasteiger charge is 2.21. The average Bonchev–Trinajstić information content (AvgIpc) is 2.79. The molecule has 0 amide bonds. The zero-order valence-electron chi connectivity index (χ0n) is 11.6. The molecule has 6 nitrogen and oxygen atoms in total. The number of hydrogen-bond donors (Lipinski definition) is 1. The van der Waals surface area contributed by atoms with Crippen LogP contribution in [0.5, 0.6) is 0 Å². The van der Waals surface area contributed by atoms with Crippen molar-refractivity contribution in [1.29, 1.82) is 0 Å². The lowest BCUT2D eigenvalue weighted by atomic mass is 10.1. The van der Waals surface area contributed by atoms with Gasteiger partial charge < -0.3 is 15.4 Å². The molecule has 2 rings (SSSR count). The second kappa shape index (κ2) is 6.18. The average molecular weight is 274 g/mol. The Morgan fingerprint density at radius 2 is 2.10 bits per heavy atom. The number of rotatable bonds is 6. The van der Waals surface area contributed by atoms with E-state index in [1.54, 1.807) is 11.6 Å². The van der Waals surface area contributed by atoms with Crippen molar-refractivity contribution in [3.63, 3.8) is 0 Å². The Labute approximate surface area is 117 Å². The normalized spacial score (nSPS) is 12.1. The van der Waals surface area contributed by atoms with Crippen LogP contribution in [0.4, 0.5) is 11.6 Å². The molecule has 6 heteroatoms. The van der Waals surface area contributed by atoms with Crippen molar-refractivity contribution in [3.8, 4) is 0 Å². The Bertz CT molecular complexity index is 580. The Morgan fingerprint density at radius 1 is 1.40 bits per heavy atom. The van der Waals surface area contributed by atoms with Crippen LogP contribution in [0, 0.1) is 10.1 Å². The molecule has 0 saturated heterocycles. The predicted octanol–water partition coefficient (Wildman–Crippen LogP) is 2.76. The van der Waals surface area contributed by atoms with E-state index in [9.17, 15) is 10.1 Å². The first-order chi connectivity index (χ1) is 9.58. The molecular formula is C14H18N4O2. The monoisotopic (exact) mass is 274 g/mol. The zero-order chi connectivity index (χ0) is 14.5. The number of nitrogens with zero attached hydrogens (tertiary/aromatic N) is 3. The number of nitrogens with one attached hydrogen (secondary N) is 1. The van der Waals surface area contributed by atoms with Crippen molar-refractivity contribution < 1.29 is 4.92 Å². The van der Waals surface area contributed by atoms with Crippen LogP contribution in [0.3, 0.4) is 0 Å². The Kier molecular flexibility index (Phi) is 4.34. The lowest BCUT2D eigenvalue weighted by Gasteiger charge is -2.14. The second-order valence-electron chi connectivity index (χ2n) is 4.85. The van der Waals surface area contributed by atoms with Crippen molar-refractivity contribution in [2.24, 2.45) is 7.05 Å². The molecule has 1 N–H and O–H groups in total. The van der Waals surface area contributed by atoms with Gasteiger partial charge in [0, 0.05) is 13.1 Å². The van der Waals surface area contributed by atoms with Gasteiger partial charge in [0.15, 0.2) is 0 Å². The van der Waals surface area contributed by atoms with Gasteiger partial charge in [0.1, 0.15) is 0 Å². The fourth-order valence-electron chi connectivity index (χ4n) is 2.05. The Balaban J connectivity index is 1.96. The first-order valence-electron chi connectivity index (χ1n) is 6.54. The number of imidazole rings is 1. The van der Waals surface area contributed by atoms with Crippen molar-refractivity contribution in [2.45, 2.75) is 25.8 Å². The van der Waals surface area contributed by atoms with Gasteiger partial charge >= 0.3 is 5.82 Å². The third-order valence-electron chi connectivity index (χ3n) is 3.18. The summed E-state index contributed by atoms with van der Waals surface area (Å²) in [6, 6.07) is 10.3. The first-order valence-corrected chi connectivity index (χ1v) is 6.54. The number of aromatic nitrogens is 2. The van der Waals surface area contributed by atoms with Gasteiger partial charge in [-0.2, -0.15) is 0 Å². The van der Waals surface area contributed by atoms with Gasteiger partial charge in [-0.25, -0.2) is 0 Å². The number of nitro groups is 1. The minimum atomic E-state index is -0.466. The lowest BCUT2D eigenvalue weighted by Crippen LogP contribution is -2.18. The summed E-state index contributed by atoms with van der Waals surface area (Å²) >= 11 is 0. The van der Waals surface area contributed by atoms with Gasteiger partial charge in [0.25, 0.3) is 0 Å². The summed E-state index contributed by atoms with van der Waals surface area (Å²) in [4.78, 5) is 14.2. The summed E-state index contributed by atoms with van der Waals surface area (Å²) in [6.07, 6.45) is 3.28. The highest BCUT2D eigenvalue weighted by molar-refractivity contribution is 5.52. The number of aryl methyl sites for hydroxylation is 2. The molecule has 1 atom stereocenters. The third kappa shape index (κ3) is 3.34. The minimum absolute atomic E-state index is 0.126. The zero-order valence-corrected chi connectivity index (χ0v) is 11.6. The highest BCUT2D eigenvalue weighted by Crippen LogP contribution is 2.22. The fraction of sp³-hybridized carbons (Fsp3) is 0.357. The van der Waals surface area contributed by atoms with E-state index in [0.717, 1.165) is 12.8 Å². The maximum absolute atomic E-state index is 10.9. The summed E-state index contributed by atoms with van der Waals surface area (Å²) in [5.41, 5.74) is 1.26. The molecule has 1 unspecified atom stereocenters. The van der Waals surface area contributed by atoms with Gasteiger partial charge in [-0.15, -0.1) is 0 Å². The summed E-state index contributed by atoms with van der Waals surface area (Å²) < 4.78 is 1.64. The molecule has 0 spiro atoms. The number of hydrogen-bond acceptors (Lipinski definition) is 4. The van der Waals surface area contributed by atoms with Crippen molar-refractivity contribution in [2.75, 3.05) is 5.32 Å². The molecule has 0 aliphatic carbocycles. The van der Waals surface area contributed by atoms with Crippen LogP contribution in [-0.4, -0.2) is 20.5 Å². The molecule has 1 aromatic heterocycles. The van der Waals surface area contributed by atoms with Gasteiger partial charge in [0.05, 0.1) is 0 Å². The number of anilines is 1. The molecule has 0 radical (unpaired) electrons. The lowest BCUT2D eigenvalue weighted by molar-refractivity contribution is -0.388. The molecule has 1 aromatic carbocycles. The van der Waals surface area contributed by atoms with Gasteiger partial charge in [-0.3, -0.25) is 4.57 Å². The molecule has 0 aliphatic rings. The first kappa shape index (κ1) is 14.0. The van der Waals surface area contributed by atoms with Crippen molar-refractivity contribution in [3.05, 3.63) is 52.3 Å². The van der Waals surface area contributed by atoms with Crippen LogP contribution >= 0.6 is 0 Å². The van der Waals surface area contributed by atoms with Crippen LogP contribution in [0.1, 0.15) is 18.9 Å². The van der Waals surface area contributed by atoms with Crippen LogP contribution in [0.15, 0.2) is 36.7 Å². The maximum Gasteiger partial charge on any atom is 0.406 e. The minimum Gasteiger partial charge on any atom is -0.362 e. The van der Waals surface area contributed by atoms with Crippen molar-refractivity contribution >= 4 is 11.6 Å². The third-order valence-corrected chi connectivity index (χ3v) is 3.18. The molecule has 20 heavy (non-hydrogen) atoms. The molecule has 106 valence electrons. The Morgan fingerprint density at radius 3 is 2.75 bits per heavy atom. The van der Waals surface area contributed by atoms with Gasteiger partial charge in [0.2, 0.25) is 12.1 Å².